The monoisotopic (exact) mass is 452 g/mol. The van der Waals surface area contributed by atoms with E-state index in [9.17, 15) is 9.18 Å². The predicted octanol–water partition coefficient (Wildman–Crippen LogP) is 4.16. The molecule has 3 N–H and O–H groups in total. The van der Waals surface area contributed by atoms with Crippen molar-refractivity contribution in [1.29, 1.82) is 0 Å². The molecule has 168 valence electrons. The maximum Gasteiger partial charge on any atom is 0.257 e. The van der Waals surface area contributed by atoms with E-state index < -0.39 is 0 Å². The summed E-state index contributed by atoms with van der Waals surface area (Å²) in [6, 6.07) is 23.1. The normalized spacial score (nSPS) is 11.4. The molecule has 0 aliphatic heterocycles. The molecule has 0 saturated carbocycles. The second kappa shape index (κ2) is 9.11. The van der Waals surface area contributed by atoms with Gasteiger partial charge in [-0.25, -0.2) is 14.4 Å². The Labute approximate surface area is 194 Å². The number of halogens is 1. The number of nitrogens with two attached hydrogens (primary N) is 1. The van der Waals surface area contributed by atoms with Crippen LogP contribution in [0.25, 0.3) is 22.2 Å². The number of benzene rings is 3. The minimum atomic E-state index is -0.348. The van der Waals surface area contributed by atoms with Crippen LogP contribution >= 0.6 is 0 Å². The standard InChI is InChI=1S/C26H21FN6O/c27-19-12-10-18(11-13-19)16-30-33-24(28)22(26(34)29-15-14-17-6-2-1-3-7-17)23-25(33)32-21-9-5-4-8-20(21)31-23/h1-13,16H,14-15,28H2,(H,29,34)/b30-16-. The molecule has 8 heteroatoms. The van der Waals surface area contributed by atoms with Gasteiger partial charge in [-0.3, -0.25) is 4.79 Å². The van der Waals surface area contributed by atoms with Crippen LogP contribution < -0.4 is 11.1 Å². The van der Waals surface area contributed by atoms with Crippen molar-refractivity contribution in [3.63, 3.8) is 0 Å². The van der Waals surface area contributed by atoms with E-state index in [1.54, 1.807) is 12.1 Å². The maximum absolute atomic E-state index is 13.2. The zero-order valence-electron chi connectivity index (χ0n) is 18.1. The lowest BCUT2D eigenvalue weighted by atomic mass is 10.1. The molecule has 2 aromatic heterocycles. The summed E-state index contributed by atoms with van der Waals surface area (Å²) in [5.41, 5.74) is 10.4. The average molecular weight is 452 g/mol. The van der Waals surface area contributed by atoms with Gasteiger partial charge in [0.05, 0.1) is 17.2 Å². The molecule has 0 bridgehead atoms. The van der Waals surface area contributed by atoms with Gasteiger partial charge in [0.2, 0.25) is 0 Å². The van der Waals surface area contributed by atoms with E-state index >= 15 is 0 Å². The maximum atomic E-state index is 13.2. The number of hydrogen-bond acceptors (Lipinski definition) is 5. The summed E-state index contributed by atoms with van der Waals surface area (Å²) in [4.78, 5) is 22.5. The van der Waals surface area contributed by atoms with Gasteiger partial charge in [0, 0.05) is 6.54 Å². The molecule has 2 heterocycles. The molecule has 0 aliphatic carbocycles. The average Bonchev–Trinajstić information content (AvgIpc) is 3.13. The summed E-state index contributed by atoms with van der Waals surface area (Å²) in [6.07, 6.45) is 2.21. The van der Waals surface area contributed by atoms with Gasteiger partial charge in [-0.1, -0.05) is 54.6 Å². The molecule has 0 fully saturated rings. The lowest BCUT2D eigenvalue weighted by Crippen LogP contribution is -2.26. The van der Waals surface area contributed by atoms with Gasteiger partial charge < -0.3 is 11.1 Å². The third-order valence-corrected chi connectivity index (χ3v) is 5.44. The Morgan fingerprint density at radius 2 is 1.65 bits per heavy atom. The van der Waals surface area contributed by atoms with Crippen molar-refractivity contribution < 1.29 is 9.18 Å². The molecule has 0 unspecified atom stereocenters. The molecule has 0 spiro atoms. The molecule has 34 heavy (non-hydrogen) atoms. The minimum Gasteiger partial charge on any atom is -0.383 e. The molecule has 3 aromatic carbocycles. The number of anilines is 1. The molecule has 0 atom stereocenters. The van der Waals surface area contributed by atoms with Crippen molar-refractivity contribution >= 4 is 40.1 Å². The highest BCUT2D eigenvalue weighted by Gasteiger charge is 2.23. The van der Waals surface area contributed by atoms with E-state index in [0.29, 0.717) is 40.7 Å². The van der Waals surface area contributed by atoms with Gasteiger partial charge in [0.15, 0.2) is 5.65 Å². The number of carbonyl (C=O) groups is 1. The van der Waals surface area contributed by atoms with Crippen LogP contribution in [0.4, 0.5) is 10.2 Å². The predicted molar refractivity (Wildman–Crippen MR) is 131 cm³/mol. The van der Waals surface area contributed by atoms with E-state index in [0.717, 1.165) is 5.56 Å². The third kappa shape index (κ3) is 4.21. The number of para-hydroxylation sites is 2. The number of amides is 1. The molecular formula is C26H21FN6O. The Hall–Kier alpha value is -4.59. The van der Waals surface area contributed by atoms with Crippen LogP contribution in [0.1, 0.15) is 21.5 Å². The number of rotatable bonds is 6. The lowest BCUT2D eigenvalue weighted by Gasteiger charge is -2.05. The van der Waals surface area contributed by atoms with Gasteiger partial charge >= 0.3 is 0 Å². The quantitative estimate of drug-likeness (QED) is 0.378. The lowest BCUT2D eigenvalue weighted by molar-refractivity contribution is 0.0956. The number of nitrogens with zero attached hydrogens (tertiary/aromatic N) is 4. The van der Waals surface area contributed by atoms with Crippen molar-refractivity contribution in [2.45, 2.75) is 6.42 Å². The minimum absolute atomic E-state index is 0.126. The van der Waals surface area contributed by atoms with Crippen molar-refractivity contribution in [2.75, 3.05) is 12.3 Å². The molecule has 0 radical (unpaired) electrons. The Morgan fingerprint density at radius 1 is 0.971 bits per heavy atom. The van der Waals surface area contributed by atoms with Crippen LogP contribution in [0, 0.1) is 5.82 Å². The van der Waals surface area contributed by atoms with E-state index in [1.165, 1.54) is 23.0 Å². The van der Waals surface area contributed by atoms with E-state index in [4.69, 9.17) is 5.73 Å². The number of fused-ring (bicyclic) bond motifs is 2. The fourth-order valence-electron chi connectivity index (χ4n) is 3.71. The van der Waals surface area contributed by atoms with Gasteiger partial charge in [0.1, 0.15) is 22.7 Å². The van der Waals surface area contributed by atoms with Crippen LogP contribution in [0.3, 0.4) is 0 Å². The number of carbonyl (C=O) groups excluding carboxylic acids is 1. The third-order valence-electron chi connectivity index (χ3n) is 5.44. The van der Waals surface area contributed by atoms with E-state index in [-0.39, 0.29) is 23.1 Å². The summed E-state index contributed by atoms with van der Waals surface area (Å²) in [5.74, 6) is -0.561. The van der Waals surface area contributed by atoms with Gasteiger partial charge in [-0.2, -0.15) is 9.78 Å². The van der Waals surface area contributed by atoms with Crippen molar-refractivity contribution in [3.05, 3.63) is 101 Å². The topological polar surface area (TPSA) is 98.2 Å². The fourth-order valence-corrected chi connectivity index (χ4v) is 3.71. The summed E-state index contributed by atoms with van der Waals surface area (Å²) in [7, 11) is 0. The van der Waals surface area contributed by atoms with Crippen LogP contribution in [0.15, 0.2) is 84.0 Å². The van der Waals surface area contributed by atoms with Crippen LogP contribution in [0.2, 0.25) is 0 Å². The zero-order valence-corrected chi connectivity index (χ0v) is 18.1. The first-order chi connectivity index (χ1) is 16.6. The summed E-state index contributed by atoms with van der Waals surface area (Å²) in [5, 5.41) is 7.36. The van der Waals surface area contributed by atoms with Crippen molar-refractivity contribution in [3.8, 4) is 0 Å². The van der Waals surface area contributed by atoms with Gasteiger partial charge in [-0.15, -0.1) is 0 Å². The van der Waals surface area contributed by atoms with Crippen LogP contribution in [-0.4, -0.2) is 33.3 Å². The molecule has 1 amide bonds. The first kappa shape index (κ1) is 21.3. The van der Waals surface area contributed by atoms with Gasteiger partial charge in [-0.05, 0) is 41.8 Å². The molecule has 7 nitrogen and oxygen atoms in total. The smallest absolute Gasteiger partial charge is 0.257 e. The fraction of sp³-hybridized carbons (Fsp3) is 0.0769. The molecule has 5 aromatic rings. The Kier molecular flexibility index (Phi) is 5.70. The SMILES string of the molecule is Nc1c(C(=O)NCCc2ccccc2)c2nc3ccccc3nc2n1/N=C\c1ccc(F)cc1. The zero-order chi connectivity index (χ0) is 23.5. The van der Waals surface area contributed by atoms with E-state index in [2.05, 4.69) is 20.4 Å². The first-order valence-electron chi connectivity index (χ1n) is 10.8. The molecular weight excluding hydrogens is 431 g/mol. The first-order valence-corrected chi connectivity index (χ1v) is 10.8. The number of aromatic nitrogens is 3. The number of nitrogens with one attached hydrogen (secondary N) is 1. The summed E-state index contributed by atoms with van der Waals surface area (Å²) < 4.78 is 14.6. The Balaban J connectivity index is 1.53. The highest BCUT2D eigenvalue weighted by Crippen LogP contribution is 2.27. The Bertz CT molecular complexity index is 1510. The molecule has 5 rings (SSSR count). The van der Waals surface area contributed by atoms with Crippen LogP contribution in [-0.2, 0) is 6.42 Å². The van der Waals surface area contributed by atoms with Crippen LogP contribution in [0.5, 0.6) is 0 Å². The van der Waals surface area contributed by atoms with Crippen molar-refractivity contribution in [1.82, 2.24) is 20.0 Å². The Morgan fingerprint density at radius 3 is 2.38 bits per heavy atom. The largest absolute Gasteiger partial charge is 0.383 e. The van der Waals surface area contributed by atoms with Crippen molar-refractivity contribution in [2.24, 2.45) is 5.10 Å². The molecule has 0 saturated heterocycles. The highest BCUT2D eigenvalue weighted by atomic mass is 19.1. The second-order valence-electron chi connectivity index (χ2n) is 7.74. The highest BCUT2D eigenvalue weighted by molar-refractivity contribution is 6.10. The summed E-state index contributed by atoms with van der Waals surface area (Å²) >= 11 is 0. The number of hydrogen-bond donors (Lipinski definition) is 2. The second-order valence-corrected chi connectivity index (χ2v) is 7.74. The van der Waals surface area contributed by atoms with Gasteiger partial charge in [0.25, 0.3) is 5.91 Å². The summed E-state index contributed by atoms with van der Waals surface area (Å²) in [6.45, 7) is 0.439. The van der Waals surface area contributed by atoms with E-state index in [1.807, 2.05) is 54.6 Å². The molecule has 0 aliphatic rings. The number of nitrogen functional groups attached to an aromatic ring is 1.